The fourth-order valence-electron chi connectivity index (χ4n) is 2.86. The summed E-state index contributed by atoms with van der Waals surface area (Å²) < 4.78 is 44.6. The first-order valence-corrected chi connectivity index (χ1v) is 10.8. The summed E-state index contributed by atoms with van der Waals surface area (Å²) in [5, 5.41) is 0. The van der Waals surface area contributed by atoms with E-state index in [1.54, 1.807) is 31.5 Å². The summed E-state index contributed by atoms with van der Waals surface area (Å²) in [7, 11) is -0.929. The molecule has 1 atom stereocenters. The van der Waals surface area contributed by atoms with Gasteiger partial charge in [-0.2, -0.15) is 0 Å². The van der Waals surface area contributed by atoms with Crippen molar-refractivity contribution in [1.82, 2.24) is 9.71 Å². The van der Waals surface area contributed by atoms with Gasteiger partial charge in [0, 0.05) is 30.1 Å². The van der Waals surface area contributed by atoms with E-state index < -0.39 is 16.1 Å². The van der Waals surface area contributed by atoms with E-state index >= 15 is 0 Å². The molecule has 1 N–H and O–H groups in total. The molecule has 1 heterocycles. The maximum absolute atomic E-state index is 12.9. The van der Waals surface area contributed by atoms with E-state index in [2.05, 4.69) is 9.71 Å². The van der Waals surface area contributed by atoms with Gasteiger partial charge in [-0.1, -0.05) is 18.2 Å². The highest BCUT2D eigenvalue weighted by atomic mass is 32.2. The molecule has 0 fully saturated rings. The van der Waals surface area contributed by atoms with Crippen LogP contribution in [-0.2, 0) is 16.6 Å². The molecule has 0 radical (unpaired) electrons. The normalized spacial score (nSPS) is 12.2. The summed E-state index contributed by atoms with van der Waals surface area (Å²) in [5.41, 5.74) is 1.77. The van der Waals surface area contributed by atoms with Gasteiger partial charge < -0.3 is 14.2 Å². The van der Waals surface area contributed by atoms with Gasteiger partial charge in [-0.15, -0.1) is 0 Å². The number of sulfonamides is 1. The maximum atomic E-state index is 12.9. The Bertz CT molecular complexity index is 1070. The monoisotopic (exact) mass is 428 g/mol. The molecule has 0 saturated heterocycles. The molecule has 3 rings (SSSR count). The van der Waals surface area contributed by atoms with E-state index in [4.69, 9.17) is 14.2 Å². The van der Waals surface area contributed by atoms with Crippen LogP contribution in [0, 0.1) is 0 Å². The summed E-state index contributed by atoms with van der Waals surface area (Å²) in [5.74, 6) is 1.36. The van der Waals surface area contributed by atoms with Crippen molar-refractivity contribution < 1.29 is 22.6 Å². The Morgan fingerprint density at radius 3 is 2.37 bits per heavy atom. The molecule has 0 aliphatic carbocycles. The zero-order valence-electron chi connectivity index (χ0n) is 17.0. The molecule has 158 valence electrons. The molecule has 0 aliphatic heterocycles. The number of hydrogen-bond acceptors (Lipinski definition) is 6. The first-order chi connectivity index (χ1) is 14.4. The predicted molar refractivity (Wildman–Crippen MR) is 113 cm³/mol. The van der Waals surface area contributed by atoms with Crippen LogP contribution in [-0.4, -0.2) is 27.6 Å². The van der Waals surface area contributed by atoms with Gasteiger partial charge in [0.15, 0.2) is 0 Å². The highest BCUT2D eigenvalue weighted by Crippen LogP contribution is 2.29. The molecule has 3 aromatic rings. The molecule has 0 bridgehead atoms. The van der Waals surface area contributed by atoms with E-state index in [1.165, 1.54) is 20.3 Å². The van der Waals surface area contributed by atoms with Gasteiger partial charge in [-0.25, -0.2) is 13.1 Å². The summed E-state index contributed by atoms with van der Waals surface area (Å²) in [4.78, 5) is 4.08. The van der Waals surface area contributed by atoms with Crippen LogP contribution in [0.4, 0.5) is 0 Å². The van der Waals surface area contributed by atoms with Gasteiger partial charge in [0.05, 0.1) is 14.2 Å². The SMILES string of the molecule is COc1ccc(OC)c(S(=O)(=O)NC(C)c2ccc(OCc3cccnc3)cc2)c1. The van der Waals surface area contributed by atoms with Gasteiger partial charge >= 0.3 is 0 Å². The van der Waals surface area contributed by atoms with Gasteiger partial charge in [0.25, 0.3) is 0 Å². The Labute approximate surface area is 176 Å². The van der Waals surface area contributed by atoms with E-state index in [9.17, 15) is 8.42 Å². The van der Waals surface area contributed by atoms with Crippen molar-refractivity contribution in [2.75, 3.05) is 14.2 Å². The van der Waals surface area contributed by atoms with Crippen molar-refractivity contribution in [3.8, 4) is 17.2 Å². The van der Waals surface area contributed by atoms with E-state index in [0.29, 0.717) is 18.1 Å². The second-order valence-corrected chi connectivity index (χ2v) is 8.26. The summed E-state index contributed by atoms with van der Waals surface area (Å²) in [6.45, 7) is 2.18. The summed E-state index contributed by atoms with van der Waals surface area (Å²) in [6.07, 6.45) is 3.46. The van der Waals surface area contributed by atoms with Crippen LogP contribution in [0.3, 0.4) is 0 Å². The van der Waals surface area contributed by atoms with Gasteiger partial charge in [0.1, 0.15) is 28.8 Å². The van der Waals surface area contributed by atoms with Crippen LogP contribution in [0.25, 0.3) is 0 Å². The van der Waals surface area contributed by atoms with Crippen molar-refractivity contribution in [2.24, 2.45) is 0 Å². The Hall–Kier alpha value is -3.10. The molecule has 1 aromatic heterocycles. The molecule has 0 spiro atoms. The minimum Gasteiger partial charge on any atom is -0.497 e. The Kier molecular flexibility index (Phi) is 6.91. The van der Waals surface area contributed by atoms with Gasteiger partial charge in [-0.05, 0) is 42.8 Å². The molecule has 0 aliphatic rings. The molecular weight excluding hydrogens is 404 g/mol. The second-order valence-electron chi connectivity index (χ2n) is 6.58. The van der Waals surface area contributed by atoms with Gasteiger partial charge in [0.2, 0.25) is 10.0 Å². The number of methoxy groups -OCH3 is 2. The second kappa shape index (κ2) is 9.60. The third kappa shape index (κ3) is 5.28. The smallest absolute Gasteiger partial charge is 0.244 e. The van der Waals surface area contributed by atoms with E-state index in [0.717, 1.165) is 11.1 Å². The summed E-state index contributed by atoms with van der Waals surface area (Å²) >= 11 is 0. The topological polar surface area (TPSA) is 86.8 Å². The fraction of sp³-hybridized carbons (Fsp3) is 0.227. The predicted octanol–water partition coefficient (Wildman–Crippen LogP) is 3.72. The number of hydrogen-bond donors (Lipinski definition) is 1. The van der Waals surface area contributed by atoms with Crippen LogP contribution >= 0.6 is 0 Å². The van der Waals surface area contributed by atoms with Crippen LogP contribution in [0.15, 0.2) is 71.9 Å². The minimum absolute atomic E-state index is 0.0209. The highest BCUT2D eigenvalue weighted by Gasteiger charge is 2.23. The zero-order valence-corrected chi connectivity index (χ0v) is 17.8. The molecule has 8 heteroatoms. The fourth-order valence-corrected chi connectivity index (χ4v) is 4.28. The van der Waals surface area contributed by atoms with Crippen molar-refractivity contribution in [3.63, 3.8) is 0 Å². The Balaban J connectivity index is 1.70. The number of ether oxygens (including phenoxy) is 3. The van der Waals surface area contributed by atoms with E-state index in [1.807, 2.05) is 36.4 Å². The van der Waals surface area contributed by atoms with Crippen LogP contribution in [0.1, 0.15) is 24.1 Å². The molecule has 2 aromatic carbocycles. The van der Waals surface area contributed by atoms with Crippen molar-refractivity contribution in [1.29, 1.82) is 0 Å². The summed E-state index contributed by atoms with van der Waals surface area (Å²) in [6, 6.07) is 15.2. The first-order valence-electron chi connectivity index (χ1n) is 9.29. The minimum atomic E-state index is -3.83. The molecule has 0 amide bonds. The molecule has 1 unspecified atom stereocenters. The average Bonchev–Trinajstić information content (AvgIpc) is 2.78. The lowest BCUT2D eigenvalue weighted by atomic mass is 10.1. The number of nitrogens with zero attached hydrogens (tertiary/aromatic N) is 1. The van der Waals surface area contributed by atoms with Crippen molar-refractivity contribution in [2.45, 2.75) is 24.5 Å². The first kappa shape index (κ1) is 21.6. The third-order valence-corrected chi connectivity index (χ3v) is 6.06. The molecular formula is C22H24N2O5S. The highest BCUT2D eigenvalue weighted by molar-refractivity contribution is 7.89. The third-order valence-electron chi connectivity index (χ3n) is 4.50. The van der Waals surface area contributed by atoms with Crippen molar-refractivity contribution in [3.05, 3.63) is 78.1 Å². The lowest BCUT2D eigenvalue weighted by molar-refractivity contribution is 0.305. The standard InChI is InChI=1S/C22H24N2O5S/c1-16(24-30(25,26)22-13-20(27-2)10-11-21(22)28-3)18-6-8-19(9-7-18)29-15-17-5-4-12-23-14-17/h4-14,16,24H,15H2,1-3H3. The number of pyridine rings is 1. The number of nitrogens with one attached hydrogen (secondary N) is 1. The largest absolute Gasteiger partial charge is 0.497 e. The number of benzene rings is 2. The van der Waals surface area contributed by atoms with Gasteiger partial charge in [-0.3, -0.25) is 4.98 Å². The lowest BCUT2D eigenvalue weighted by Crippen LogP contribution is -2.27. The molecule has 0 saturated carbocycles. The maximum Gasteiger partial charge on any atom is 0.244 e. The number of rotatable bonds is 9. The lowest BCUT2D eigenvalue weighted by Gasteiger charge is -2.17. The average molecular weight is 429 g/mol. The number of aromatic nitrogens is 1. The van der Waals surface area contributed by atoms with Crippen LogP contribution in [0.2, 0.25) is 0 Å². The quantitative estimate of drug-likeness (QED) is 0.559. The molecule has 30 heavy (non-hydrogen) atoms. The molecule has 7 nitrogen and oxygen atoms in total. The van der Waals surface area contributed by atoms with Crippen molar-refractivity contribution >= 4 is 10.0 Å². The Morgan fingerprint density at radius 1 is 1.00 bits per heavy atom. The van der Waals surface area contributed by atoms with Crippen LogP contribution < -0.4 is 18.9 Å². The van der Waals surface area contributed by atoms with E-state index in [-0.39, 0.29) is 10.6 Å². The zero-order chi connectivity index (χ0) is 21.6. The van der Waals surface area contributed by atoms with Crippen LogP contribution in [0.5, 0.6) is 17.2 Å². The Morgan fingerprint density at radius 2 is 1.73 bits per heavy atom.